The van der Waals surface area contributed by atoms with Crippen LogP contribution in [0.4, 0.5) is 4.39 Å². The highest BCUT2D eigenvalue weighted by atomic mass is 19.1. The first-order valence-corrected chi connectivity index (χ1v) is 8.88. The minimum absolute atomic E-state index is 0.0788. The number of nitrogens with zero attached hydrogens (tertiary/aromatic N) is 2. The van der Waals surface area contributed by atoms with Gasteiger partial charge in [0.15, 0.2) is 0 Å². The van der Waals surface area contributed by atoms with Crippen LogP contribution in [-0.4, -0.2) is 65.0 Å². The van der Waals surface area contributed by atoms with Crippen LogP contribution in [0.5, 0.6) is 0 Å². The highest BCUT2D eigenvalue weighted by Crippen LogP contribution is 2.16. The zero-order valence-corrected chi connectivity index (χ0v) is 15.7. The van der Waals surface area contributed by atoms with Crippen molar-refractivity contribution in [3.63, 3.8) is 0 Å². The van der Waals surface area contributed by atoms with E-state index in [1.54, 1.807) is 37.9 Å². The summed E-state index contributed by atoms with van der Waals surface area (Å²) < 4.78 is 13.1. The third kappa shape index (κ3) is 6.07. The number of hydrogen-bond donors (Lipinski definition) is 2. The van der Waals surface area contributed by atoms with Crippen molar-refractivity contribution < 1.29 is 19.1 Å². The minimum Gasteiger partial charge on any atom is -0.390 e. The molecule has 2 N–H and O–H groups in total. The van der Waals surface area contributed by atoms with Gasteiger partial charge in [0.1, 0.15) is 5.82 Å². The van der Waals surface area contributed by atoms with E-state index in [0.717, 1.165) is 5.56 Å². The van der Waals surface area contributed by atoms with E-state index in [0.29, 0.717) is 32.6 Å². The molecular weight excluding hydrogens is 337 g/mol. The number of halogens is 1. The maximum absolute atomic E-state index is 13.1. The average molecular weight is 365 g/mol. The summed E-state index contributed by atoms with van der Waals surface area (Å²) in [5, 5.41) is 12.6. The van der Waals surface area contributed by atoms with Gasteiger partial charge in [0.05, 0.1) is 18.1 Å². The summed E-state index contributed by atoms with van der Waals surface area (Å²) in [5.41, 5.74) is 0.0553. The van der Waals surface area contributed by atoms with Crippen molar-refractivity contribution in [1.29, 1.82) is 0 Å². The molecule has 2 rings (SSSR count). The smallest absolute Gasteiger partial charge is 0.237 e. The molecular formula is C19H28FN3O3. The first-order chi connectivity index (χ1) is 12.2. The molecule has 0 radical (unpaired) electrons. The van der Waals surface area contributed by atoms with E-state index in [2.05, 4.69) is 5.32 Å². The van der Waals surface area contributed by atoms with E-state index >= 15 is 0 Å². The van der Waals surface area contributed by atoms with Gasteiger partial charge in [0.2, 0.25) is 11.8 Å². The molecule has 144 valence electrons. The Morgan fingerprint density at radius 2 is 2.04 bits per heavy atom. The third-order valence-corrected chi connectivity index (χ3v) is 4.59. The average Bonchev–Trinajstić information content (AvgIpc) is 2.57. The number of benzene rings is 1. The zero-order valence-electron chi connectivity index (χ0n) is 15.7. The maximum atomic E-state index is 13.1. The molecule has 1 aliphatic heterocycles. The Labute approximate surface area is 154 Å². The minimum atomic E-state index is -0.842. The summed E-state index contributed by atoms with van der Waals surface area (Å²) in [7, 11) is 1.68. The summed E-state index contributed by atoms with van der Waals surface area (Å²) in [6, 6.07) is 5.62. The Bertz CT molecular complexity index is 628. The summed E-state index contributed by atoms with van der Waals surface area (Å²) in [4.78, 5) is 28.3. The first kappa shape index (κ1) is 20.3. The van der Waals surface area contributed by atoms with Gasteiger partial charge in [-0.15, -0.1) is 0 Å². The number of piperazine rings is 1. The van der Waals surface area contributed by atoms with Crippen LogP contribution in [0.15, 0.2) is 24.3 Å². The SMILES string of the molecule is CN(CCC(C)(C)O)C(=O)C[C@@H]1C(=O)NCCN1Cc1ccc(F)cc1. The Kier molecular flexibility index (Phi) is 6.72. The Morgan fingerprint density at radius 3 is 2.65 bits per heavy atom. The molecule has 7 heteroatoms. The molecule has 0 spiro atoms. The molecule has 0 aromatic heterocycles. The van der Waals surface area contributed by atoms with Crippen LogP contribution in [0.3, 0.4) is 0 Å². The van der Waals surface area contributed by atoms with E-state index < -0.39 is 11.6 Å². The van der Waals surface area contributed by atoms with Crippen LogP contribution in [0.1, 0.15) is 32.3 Å². The van der Waals surface area contributed by atoms with Crippen LogP contribution < -0.4 is 5.32 Å². The molecule has 1 aromatic rings. The van der Waals surface area contributed by atoms with Crippen molar-refractivity contribution in [3.05, 3.63) is 35.6 Å². The second-order valence-corrected chi connectivity index (χ2v) is 7.49. The summed E-state index contributed by atoms with van der Waals surface area (Å²) in [6.07, 6.45) is 0.542. The number of nitrogens with one attached hydrogen (secondary N) is 1. The van der Waals surface area contributed by atoms with E-state index in [-0.39, 0.29) is 24.1 Å². The molecule has 0 unspecified atom stereocenters. The number of carbonyl (C=O) groups is 2. The number of aliphatic hydroxyl groups is 1. The van der Waals surface area contributed by atoms with Gasteiger partial charge in [-0.1, -0.05) is 12.1 Å². The third-order valence-electron chi connectivity index (χ3n) is 4.59. The number of rotatable bonds is 7. The monoisotopic (exact) mass is 365 g/mol. The van der Waals surface area contributed by atoms with Crippen LogP contribution >= 0.6 is 0 Å². The fourth-order valence-corrected chi connectivity index (χ4v) is 2.88. The molecule has 1 fully saturated rings. The molecule has 1 heterocycles. The summed E-state index contributed by atoms with van der Waals surface area (Å²) in [6.45, 7) is 5.47. The van der Waals surface area contributed by atoms with Crippen molar-refractivity contribution in [2.24, 2.45) is 0 Å². The molecule has 1 aliphatic rings. The van der Waals surface area contributed by atoms with Gasteiger partial charge < -0.3 is 15.3 Å². The lowest BCUT2D eigenvalue weighted by molar-refractivity contribution is -0.138. The fraction of sp³-hybridized carbons (Fsp3) is 0.579. The lowest BCUT2D eigenvalue weighted by atomic mass is 10.0. The van der Waals surface area contributed by atoms with Gasteiger partial charge in [0.25, 0.3) is 0 Å². The van der Waals surface area contributed by atoms with Crippen LogP contribution in [0.25, 0.3) is 0 Å². The van der Waals surface area contributed by atoms with Crippen molar-refractivity contribution in [2.75, 3.05) is 26.7 Å². The molecule has 1 atom stereocenters. The Morgan fingerprint density at radius 1 is 1.38 bits per heavy atom. The summed E-state index contributed by atoms with van der Waals surface area (Å²) in [5.74, 6) is -0.603. The van der Waals surface area contributed by atoms with Gasteiger partial charge in [-0.3, -0.25) is 14.5 Å². The van der Waals surface area contributed by atoms with Crippen LogP contribution in [0.2, 0.25) is 0 Å². The van der Waals surface area contributed by atoms with Gasteiger partial charge in [-0.05, 0) is 38.0 Å². The fourth-order valence-electron chi connectivity index (χ4n) is 2.88. The van der Waals surface area contributed by atoms with Crippen molar-refractivity contribution >= 4 is 11.8 Å². The summed E-state index contributed by atoms with van der Waals surface area (Å²) >= 11 is 0. The van der Waals surface area contributed by atoms with E-state index in [1.165, 1.54) is 12.1 Å². The predicted octanol–water partition coefficient (Wildman–Crippen LogP) is 1.14. The molecule has 1 saturated heterocycles. The van der Waals surface area contributed by atoms with Gasteiger partial charge >= 0.3 is 0 Å². The Balaban J connectivity index is 1.99. The quantitative estimate of drug-likeness (QED) is 0.760. The zero-order chi connectivity index (χ0) is 19.3. The lowest BCUT2D eigenvalue weighted by Gasteiger charge is -2.35. The standard InChI is InChI=1S/C19H28FN3O3/c1-19(2,26)8-10-22(3)17(24)12-16-18(25)21-9-11-23(16)13-14-4-6-15(20)7-5-14/h4-7,16,26H,8-13H2,1-3H3,(H,21,25)/t16-/m1/s1. The van der Waals surface area contributed by atoms with Gasteiger partial charge in [-0.2, -0.15) is 0 Å². The Hall–Kier alpha value is -1.99. The highest BCUT2D eigenvalue weighted by Gasteiger charge is 2.32. The topological polar surface area (TPSA) is 72.9 Å². The molecule has 2 amide bonds. The molecule has 26 heavy (non-hydrogen) atoms. The highest BCUT2D eigenvalue weighted by molar-refractivity contribution is 5.88. The van der Waals surface area contributed by atoms with Crippen molar-refractivity contribution in [2.45, 2.75) is 44.9 Å². The first-order valence-electron chi connectivity index (χ1n) is 8.88. The number of hydrogen-bond acceptors (Lipinski definition) is 4. The largest absolute Gasteiger partial charge is 0.390 e. The predicted molar refractivity (Wildman–Crippen MR) is 96.8 cm³/mol. The van der Waals surface area contributed by atoms with Gasteiger partial charge in [-0.25, -0.2) is 4.39 Å². The molecule has 0 saturated carbocycles. The number of amides is 2. The normalized spacial score (nSPS) is 18.5. The maximum Gasteiger partial charge on any atom is 0.237 e. The van der Waals surface area contributed by atoms with Crippen LogP contribution in [0, 0.1) is 5.82 Å². The van der Waals surface area contributed by atoms with Gasteiger partial charge in [0, 0.05) is 33.2 Å². The molecule has 1 aromatic carbocycles. The second-order valence-electron chi connectivity index (χ2n) is 7.49. The van der Waals surface area contributed by atoms with E-state index in [9.17, 15) is 19.1 Å². The van der Waals surface area contributed by atoms with Crippen molar-refractivity contribution in [3.8, 4) is 0 Å². The van der Waals surface area contributed by atoms with Crippen LogP contribution in [-0.2, 0) is 16.1 Å². The molecule has 0 aliphatic carbocycles. The number of carbonyl (C=O) groups excluding carboxylic acids is 2. The van der Waals surface area contributed by atoms with E-state index in [4.69, 9.17) is 0 Å². The van der Waals surface area contributed by atoms with Crippen molar-refractivity contribution in [1.82, 2.24) is 15.1 Å². The second kappa shape index (κ2) is 8.60. The lowest BCUT2D eigenvalue weighted by Crippen LogP contribution is -2.56. The molecule has 6 nitrogen and oxygen atoms in total. The van der Waals surface area contributed by atoms with E-state index in [1.807, 2.05) is 4.90 Å². The molecule has 0 bridgehead atoms.